The average molecular weight is 328 g/mol. The van der Waals surface area contributed by atoms with Crippen LogP contribution in [0.2, 0.25) is 0 Å². The first-order valence-corrected chi connectivity index (χ1v) is 8.76. The van der Waals surface area contributed by atoms with E-state index >= 15 is 0 Å². The summed E-state index contributed by atoms with van der Waals surface area (Å²) >= 11 is 0. The molecule has 2 aliphatic heterocycles. The first kappa shape index (κ1) is 15.9. The molecule has 0 amide bonds. The lowest BCUT2D eigenvalue weighted by molar-refractivity contribution is 0.124. The molecule has 2 atom stereocenters. The zero-order chi connectivity index (χ0) is 16.0. The summed E-state index contributed by atoms with van der Waals surface area (Å²) < 4.78 is 45.9. The fourth-order valence-electron chi connectivity index (χ4n) is 3.60. The van der Waals surface area contributed by atoms with Gasteiger partial charge in [0.1, 0.15) is 5.82 Å². The summed E-state index contributed by atoms with van der Waals surface area (Å²) in [6.45, 7) is 2.81. The fraction of sp³-hybridized carbons (Fsp3) is 0.600. The number of fused-ring (bicyclic) bond motifs is 1. The standard InChI is InChI=1S/C15H21FN2O3S/c1-17(2)9-15-10-18(7-12(15)8-21-11-15)22(19,20)14-5-3-4-13(16)6-14/h3-6,12H,7-11H2,1-2H3/t12-,15+/m1/s1. The van der Waals surface area contributed by atoms with E-state index in [4.69, 9.17) is 4.74 Å². The van der Waals surface area contributed by atoms with Gasteiger partial charge in [-0.25, -0.2) is 12.8 Å². The van der Waals surface area contributed by atoms with Crippen molar-refractivity contribution in [1.29, 1.82) is 0 Å². The monoisotopic (exact) mass is 328 g/mol. The molecule has 22 heavy (non-hydrogen) atoms. The number of hydrogen-bond acceptors (Lipinski definition) is 4. The Morgan fingerprint density at radius 3 is 2.91 bits per heavy atom. The second-order valence-electron chi connectivity index (χ2n) is 6.57. The first-order valence-electron chi connectivity index (χ1n) is 7.32. The van der Waals surface area contributed by atoms with Crippen molar-refractivity contribution in [1.82, 2.24) is 9.21 Å². The summed E-state index contributed by atoms with van der Waals surface area (Å²) in [7, 11) is 0.302. The van der Waals surface area contributed by atoms with Gasteiger partial charge in [0.2, 0.25) is 10.0 Å². The van der Waals surface area contributed by atoms with Gasteiger partial charge in [0, 0.05) is 31.0 Å². The zero-order valence-corrected chi connectivity index (χ0v) is 13.6. The molecule has 5 nitrogen and oxygen atoms in total. The molecule has 1 aromatic rings. The number of benzene rings is 1. The maximum Gasteiger partial charge on any atom is 0.243 e. The Hall–Kier alpha value is -1.02. The molecule has 2 fully saturated rings. The van der Waals surface area contributed by atoms with Gasteiger partial charge in [0.25, 0.3) is 0 Å². The van der Waals surface area contributed by atoms with Gasteiger partial charge in [0.15, 0.2) is 0 Å². The first-order chi connectivity index (χ1) is 10.3. The normalized spacial score (nSPS) is 29.2. The van der Waals surface area contributed by atoms with Gasteiger partial charge in [-0.1, -0.05) is 6.07 Å². The van der Waals surface area contributed by atoms with E-state index in [2.05, 4.69) is 4.90 Å². The van der Waals surface area contributed by atoms with Crippen LogP contribution in [0.5, 0.6) is 0 Å². The van der Waals surface area contributed by atoms with Crippen LogP contribution in [0.3, 0.4) is 0 Å². The number of rotatable bonds is 4. The van der Waals surface area contributed by atoms with Crippen LogP contribution in [-0.2, 0) is 14.8 Å². The molecule has 1 aromatic carbocycles. The van der Waals surface area contributed by atoms with E-state index in [1.807, 2.05) is 14.1 Å². The van der Waals surface area contributed by atoms with Crippen LogP contribution in [0.4, 0.5) is 4.39 Å². The molecule has 3 rings (SSSR count). The molecule has 0 aromatic heterocycles. The third kappa shape index (κ3) is 2.67. The highest BCUT2D eigenvalue weighted by Gasteiger charge is 2.53. The summed E-state index contributed by atoms with van der Waals surface area (Å²) in [5, 5.41) is 0. The Balaban J connectivity index is 1.88. The van der Waals surface area contributed by atoms with Crippen LogP contribution in [0.1, 0.15) is 0 Å². The van der Waals surface area contributed by atoms with Crippen LogP contribution in [0.25, 0.3) is 0 Å². The van der Waals surface area contributed by atoms with Gasteiger partial charge in [-0.05, 0) is 32.3 Å². The molecule has 7 heteroatoms. The van der Waals surface area contributed by atoms with Crippen LogP contribution >= 0.6 is 0 Å². The summed E-state index contributed by atoms with van der Waals surface area (Å²) in [4.78, 5) is 2.09. The van der Waals surface area contributed by atoms with Crippen LogP contribution in [-0.4, -0.2) is 64.6 Å². The highest BCUT2D eigenvalue weighted by atomic mass is 32.2. The van der Waals surface area contributed by atoms with Crippen molar-refractivity contribution in [2.45, 2.75) is 4.90 Å². The molecule has 0 aliphatic carbocycles. The van der Waals surface area contributed by atoms with Crippen molar-refractivity contribution in [2.75, 3.05) is 46.9 Å². The molecule has 2 saturated heterocycles. The van der Waals surface area contributed by atoms with Gasteiger partial charge < -0.3 is 9.64 Å². The number of ether oxygens (including phenoxy) is 1. The lowest BCUT2D eigenvalue weighted by atomic mass is 9.81. The summed E-state index contributed by atoms with van der Waals surface area (Å²) in [5.74, 6) is -0.343. The molecular formula is C15H21FN2O3S. The third-order valence-corrected chi connectivity index (χ3v) is 6.36. The molecule has 0 unspecified atom stereocenters. The van der Waals surface area contributed by atoms with Gasteiger partial charge in [-0.3, -0.25) is 0 Å². The highest BCUT2D eigenvalue weighted by Crippen LogP contribution is 2.43. The second kappa shape index (κ2) is 5.56. The quantitative estimate of drug-likeness (QED) is 0.828. The van der Waals surface area contributed by atoms with E-state index in [9.17, 15) is 12.8 Å². The summed E-state index contributed by atoms with van der Waals surface area (Å²) in [5.41, 5.74) is -0.163. The zero-order valence-electron chi connectivity index (χ0n) is 12.8. The van der Waals surface area contributed by atoms with E-state index in [0.29, 0.717) is 26.3 Å². The van der Waals surface area contributed by atoms with E-state index in [1.54, 1.807) is 0 Å². The minimum Gasteiger partial charge on any atom is -0.380 e. The van der Waals surface area contributed by atoms with Gasteiger partial charge in [-0.2, -0.15) is 4.31 Å². The van der Waals surface area contributed by atoms with Crippen molar-refractivity contribution < 1.29 is 17.5 Å². The molecule has 0 bridgehead atoms. The number of sulfonamides is 1. The Bertz CT molecular complexity index is 665. The molecule has 0 spiro atoms. The van der Waals surface area contributed by atoms with Crippen molar-refractivity contribution in [2.24, 2.45) is 11.3 Å². The highest BCUT2D eigenvalue weighted by molar-refractivity contribution is 7.89. The number of halogens is 1. The second-order valence-corrected chi connectivity index (χ2v) is 8.51. The van der Waals surface area contributed by atoms with E-state index in [-0.39, 0.29) is 16.2 Å². The van der Waals surface area contributed by atoms with E-state index < -0.39 is 15.8 Å². The summed E-state index contributed by atoms with van der Waals surface area (Å²) in [6.07, 6.45) is 0. The van der Waals surface area contributed by atoms with E-state index in [0.717, 1.165) is 12.6 Å². The van der Waals surface area contributed by atoms with Crippen LogP contribution in [0, 0.1) is 17.2 Å². The van der Waals surface area contributed by atoms with Gasteiger partial charge in [-0.15, -0.1) is 0 Å². The number of nitrogens with zero attached hydrogens (tertiary/aromatic N) is 2. The van der Waals surface area contributed by atoms with Crippen LogP contribution < -0.4 is 0 Å². The molecule has 0 radical (unpaired) electrons. The predicted octanol–water partition coefficient (Wildman–Crippen LogP) is 1.02. The van der Waals surface area contributed by atoms with Gasteiger partial charge in [0.05, 0.1) is 18.1 Å². The minimum atomic E-state index is -3.66. The Morgan fingerprint density at radius 2 is 2.23 bits per heavy atom. The van der Waals surface area contributed by atoms with E-state index in [1.165, 1.54) is 22.5 Å². The molecular weight excluding hydrogens is 307 g/mol. The van der Waals surface area contributed by atoms with Crippen LogP contribution in [0.15, 0.2) is 29.2 Å². The molecule has 122 valence electrons. The molecule has 0 saturated carbocycles. The molecule has 2 heterocycles. The smallest absolute Gasteiger partial charge is 0.243 e. The molecule has 0 N–H and O–H groups in total. The van der Waals surface area contributed by atoms with Crippen molar-refractivity contribution in [3.63, 3.8) is 0 Å². The summed E-state index contributed by atoms with van der Waals surface area (Å²) in [6, 6.07) is 5.21. The lowest BCUT2D eigenvalue weighted by Gasteiger charge is -2.30. The predicted molar refractivity (Wildman–Crippen MR) is 80.5 cm³/mol. The topological polar surface area (TPSA) is 49.9 Å². The van der Waals surface area contributed by atoms with Crippen molar-refractivity contribution >= 4 is 10.0 Å². The Morgan fingerprint density at radius 1 is 1.45 bits per heavy atom. The average Bonchev–Trinajstić information content (AvgIpc) is 2.94. The Kier molecular flexibility index (Phi) is 4.01. The maximum atomic E-state index is 13.4. The Labute approximate surface area is 130 Å². The van der Waals surface area contributed by atoms with Crippen molar-refractivity contribution in [3.8, 4) is 0 Å². The largest absolute Gasteiger partial charge is 0.380 e. The SMILES string of the molecule is CN(C)C[C@]12COC[C@H]1CN(S(=O)(=O)c1cccc(F)c1)C2. The number of hydrogen-bond donors (Lipinski definition) is 0. The molecule has 2 aliphatic rings. The third-order valence-electron chi connectivity index (χ3n) is 4.55. The van der Waals surface area contributed by atoms with Gasteiger partial charge >= 0.3 is 0 Å². The minimum absolute atomic E-state index is 0.0217. The fourth-order valence-corrected chi connectivity index (χ4v) is 5.21. The maximum absolute atomic E-state index is 13.4. The lowest BCUT2D eigenvalue weighted by Crippen LogP contribution is -2.41. The van der Waals surface area contributed by atoms with Crippen molar-refractivity contribution in [3.05, 3.63) is 30.1 Å².